The fourth-order valence-electron chi connectivity index (χ4n) is 3.79. The molecule has 27 heavy (non-hydrogen) atoms. The Hall–Kier alpha value is -1.08. The molecule has 0 unspecified atom stereocenters. The zero-order chi connectivity index (χ0) is 20.1. The van der Waals surface area contributed by atoms with Crippen LogP contribution in [0.25, 0.3) is 0 Å². The van der Waals surface area contributed by atoms with Gasteiger partial charge in [-0.2, -0.15) is 0 Å². The zero-order valence-corrected chi connectivity index (χ0v) is 19.6. The predicted molar refractivity (Wildman–Crippen MR) is 120 cm³/mol. The molecule has 1 saturated carbocycles. The van der Waals surface area contributed by atoms with Gasteiger partial charge in [0.05, 0.1) is 6.61 Å². The van der Waals surface area contributed by atoms with Crippen LogP contribution in [0.2, 0.25) is 18.1 Å². The highest BCUT2D eigenvalue weighted by Crippen LogP contribution is 2.43. The van der Waals surface area contributed by atoms with Crippen LogP contribution in [0.4, 0.5) is 0 Å². The van der Waals surface area contributed by atoms with Crippen LogP contribution in [0.5, 0.6) is 0 Å². The molecule has 0 heterocycles. The third kappa shape index (κ3) is 5.47. The largest absolute Gasteiger partial charge is 0.369 e. The topological polar surface area (TPSA) is 12.5 Å². The molecule has 0 atom stereocenters. The molecule has 0 aromatic heterocycles. The Balaban J connectivity index is 1.85. The van der Waals surface area contributed by atoms with Crippen molar-refractivity contribution in [3.8, 4) is 11.5 Å². The third-order valence-electron chi connectivity index (χ3n) is 6.90. The van der Waals surface area contributed by atoms with Gasteiger partial charge in [-0.3, -0.25) is 4.90 Å². The molecular weight excluding hydrogens is 346 g/mol. The van der Waals surface area contributed by atoms with Gasteiger partial charge in [-0.15, -0.1) is 5.54 Å². The number of nitrogens with zero attached hydrogens (tertiary/aromatic N) is 1. The molecule has 1 aromatic rings. The fourth-order valence-corrected chi connectivity index (χ4v) is 4.67. The van der Waals surface area contributed by atoms with Gasteiger partial charge in [-0.25, -0.2) is 0 Å². The number of hydrogen-bond donors (Lipinski definition) is 0. The van der Waals surface area contributed by atoms with E-state index in [2.05, 4.69) is 94.7 Å². The molecule has 0 aliphatic heterocycles. The van der Waals surface area contributed by atoms with E-state index in [4.69, 9.17) is 4.74 Å². The minimum Gasteiger partial charge on any atom is -0.369 e. The van der Waals surface area contributed by atoms with E-state index in [-0.39, 0.29) is 5.54 Å². The summed E-state index contributed by atoms with van der Waals surface area (Å²) in [6.45, 7) is 13.1. The van der Waals surface area contributed by atoms with Crippen molar-refractivity contribution in [3.63, 3.8) is 0 Å². The van der Waals surface area contributed by atoms with Crippen LogP contribution in [0, 0.1) is 17.4 Å². The summed E-state index contributed by atoms with van der Waals surface area (Å²) < 4.78 is 5.95. The van der Waals surface area contributed by atoms with Gasteiger partial charge in [0.1, 0.15) is 14.7 Å². The lowest BCUT2D eigenvalue weighted by Crippen LogP contribution is -2.44. The van der Waals surface area contributed by atoms with Crippen molar-refractivity contribution in [2.24, 2.45) is 5.92 Å². The normalized spacial score (nSPS) is 23.8. The summed E-state index contributed by atoms with van der Waals surface area (Å²) in [5.74, 6) is 3.98. The molecule has 0 bridgehead atoms. The first-order valence-corrected chi connectivity index (χ1v) is 13.4. The van der Waals surface area contributed by atoms with Crippen LogP contribution in [0.3, 0.4) is 0 Å². The average Bonchev–Trinajstić information content (AvgIpc) is 2.61. The molecule has 150 valence electrons. The van der Waals surface area contributed by atoms with E-state index in [1.807, 2.05) is 0 Å². The SMILES string of the molecule is CN(C)C1(c2ccccc2)CCC(COCC#C[Si](C)(C)C(C)(C)C)CC1. The summed E-state index contributed by atoms with van der Waals surface area (Å²) in [7, 11) is 2.93. The van der Waals surface area contributed by atoms with E-state index in [9.17, 15) is 0 Å². The second kappa shape index (κ2) is 8.95. The van der Waals surface area contributed by atoms with E-state index >= 15 is 0 Å². The zero-order valence-electron chi connectivity index (χ0n) is 18.6. The van der Waals surface area contributed by atoms with Gasteiger partial charge in [0.15, 0.2) is 0 Å². The van der Waals surface area contributed by atoms with Crippen molar-refractivity contribution in [1.29, 1.82) is 0 Å². The summed E-state index contributed by atoms with van der Waals surface area (Å²) in [5.41, 5.74) is 5.18. The smallest absolute Gasteiger partial charge is 0.137 e. The van der Waals surface area contributed by atoms with Gasteiger partial charge in [-0.05, 0) is 56.3 Å². The molecule has 1 aliphatic carbocycles. The molecule has 3 heteroatoms. The van der Waals surface area contributed by atoms with E-state index < -0.39 is 8.07 Å². The minimum atomic E-state index is -1.51. The van der Waals surface area contributed by atoms with Gasteiger partial charge >= 0.3 is 0 Å². The molecular formula is C24H39NOSi. The van der Waals surface area contributed by atoms with Crippen LogP contribution in [-0.2, 0) is 10.3 Å². The molecule has 1 aromatic carbocycles. The maximum atomic E-state index is 5.95. The maximum Gasteiger partial charge on any atom is 0.137 e. The van der Waals surface area contributed by atoms with Crippen molar-refractivity contribution < 1.29 is 4.74 Å². The van der Waals surface area contributed by atoms with Gasteiger partial charge in [0, 0.05) is 5.54 Å². The molecule has 2 nitrogen and oxygen atoms in total. The summed E-state index contributed by atoms with van der Waals surface area (Å²) in [6, 6.07) is 11.0. The first-order chi connectivity index (χ1) is 12.6. The molecule has 1 fully saturated rings. The van der Waals surface area contributed by atoms with Gasteiger partial charge in [0.2, 0.25) is 0 Å². The minimum absolute atomic E-state index is 0.180. The summed E-state index contributed by atoms with van der Waals surface area (Å²) in [4.78, 5) is 2.42. The standard InChI is InChI=1S/C24H39NOSi/c1-23(2,3)27(6,7)19-11-18-26-20-21-14-16-24(17-15-21,25(4)5)22-12-9-8-10-13-22/h8-10,12-13,21H,14-18,20H2,1-7H3. The Morgan fingerprint density at radius 1 is 1.11 bits per heavy atom. The van der Waals surface area contributed by atoms with Crippen molar-refractivity contribution in [1.82, 2.24) is 4.90 Å². The van der Waals surface area contributed by atoms with Crippen molar-refractivity contribution in [3.05, 3.63) is 35.9 Å². The number of hydrogen-bond acceptors (Lipinski definition) is 2. The van der Waals surface area contributed by atoms with Crippen molar-refractivity contribution >= 4 is 8.07 Å². The van der Waals surface area contributed by atoms with E-state index in [0.29, 0.717) is 17.6 Å². The van der Waals surface area contributed by atoms with Crippen molar-refractivity contribution in [2.75, 3.05) is 27.3 Å². The second-order valence-electron chi connectivity index (χ2n) is 9.93. The lowest BCUT2D eigenvalue weighted by Gasteiger charge is -2.45. The number of rotatable bonds is 5. The molecule has 0 radical (unpaired) electrons. The quantitative estimate of drug-likeness (QED) is 0.366. The molecule has 0 saturated heterocycles. The molecule has 0 spiro atoms. The monoisotopic (exact) mass is 385 g/mol. The van der Waals surface area contributed by atoms with Gasteiger partial charge in [0.25, 0.3) is 0 Å². The van der Waals surface area contributed by atoms with Crippen LogP contribution in [0.15, 0.2) is 30.3 Å². The van der Waals surface area contributed by atoms with Gasteiger partial charge < -0.3 is 4.74 Å². The van der Waals surface area contributed by atoms with Crippen LogP contribution in [0.1, 0.15) is 52.0 Å². The first-order valence-electron chi connectivity index (χ1n) is 10.4. The average molecular weight is 386 g/mol. The second-order valence-corrected chi connectivity index (χ2v) is 14.9. The first kappa shape index (κ1) is 22.2. The van der Waals surface area contributed by atoms with E-state index in [1.165, 1.54) is 31.2 Å². The number of benzene rings is 1. The fraction of sp³-hybridized carbons (Fsp3) is 0.667. The Bertz CT molecular complexity index is 640. The van der Waals surface area contributed by atoms with Crippen LogP contribution in [-0.4, -0.2) is 40.3 Å². The van der Waals surface area contributed by atoms with E-state index in [1.54, 1.807) is 0 Å². The number of ether oxygens (including phenoxy) is 1. The Kier molecular flexibility index (Phi) is 7.36. The predicted octanol–water partition coefficient (Wildman–Crippen LogP) is 5.70. The Morgan fingerprint density at radius 2 is 1.70 bits per heavy atom. The molecule has 2 rings (SSSR count). The highest BCUT2D eigenvalue weighted by atomic mass is 28.3. The summed E-state index contributed by atoms with van der Waals surface area (Å²) in [5, 5.41) is 0.316. The molecule has 0 amide bonds. The third-order valence-corrected chi connectivity index (χ3v) is 11.5. The van der Waals surface area contributed by atoms with Crippen LogP contribution >= 0.6 is 0 Å². The van der Waals surface area contributed by atoms with E-state index in [0.717, 1.165) is 6.61 Å². The van der Waals surface area contributed by atoms with Crippen molar-refractivity contribution in [2.45, 2.75) is 70.1 Å². The Labute approximate surface area is 168 Å². The molecule has 0 N–H and O–H groups in total. The Morgan fingerprint density at radius 3 is 2.22 bits per heavy atom. The van der Waals surface area contributed by atoms with Crippen LogP contribution < -0.4 is 0 Å². The highest BCUT2D eigenvalue weighted by Gasteiger charge is 2.38. The lowest BCUT2D eigenvalue weighted by atomic mass is 9.72. The van der Waals surface area contributed by atoms with Gasteiger partial charge in [-0.1, -0.05) is 70.1 Å². The highest BCUT2D eigenvalue weighted by molar-refractivity contribution is 6.87. The maximum absolute atomic E-state index is 5.95. The summed E-state index contributed by atoms with van der Waals surface area (Å²) in [6.07, 6.45) is 4.85. The summed E-state index contributed by atoms with van der Waals surface area (Å²) >= 11 is 0. The molecule has 1 aliphatic rings. The lowest BCUT2D eigenvalue weighted by molar-refractivity contribution is 0.0423.